The molecule has 0 aromatic rings. The molecule has 0 radical (unpaired) electrons. The fourth-order valence-corrected chi connectivity index (χ4v) is 6.19. The van der Waals surface area contributed by atoms with Crippen LogP contribution >= 0.6 is 0 Å². The minimum atomic E-state index is 0.641. The normalized spacial score (nSPS) is 15.3. The van der Waals surface area contributed by atoms with Gasteiger partial charge in [0.25, 0.3) is 0 Å². The molecule has 0 N–H and O–H groups in total. The molecule has 1 heterocycles. The average Bonchev–Trinajstić information content (AvgIpc) is 3.31. The molecule has 1 unspecified atom stereocenters. The second-order valence-corrected chi connectivity index (χ2v) is 12.5. The molecular weight excluding hydrogens is 460 g/mol. The summed E-state index contributed by atoms with van der Waals surface area (Å²) in [6, 6.07) is 0. The monoisotopic (exact) mass is 533 g/mol. The maximum atomic E-state index is 2.71. The van der Waals surface area contributed by atoms with E-state index in [9.17, 15) is 0 Å². The lowest BCUT2D eigenvalue weighted by atomic mass is 10.0. The van der Waals surface area contributed by atoms with Crippen molar-refractivity contribution in [2.45, 2.75) is 207 Å². The summed E-state index contributed by atoms with van der Waals surface area (Å²) >= 11 is 0. The Morgan fingerprint density at radius 2 is 0.605 bits per heavy atom. The Labute approximate surface area is 241 Å². The van der Waals surface area contributed by atoms with Crippen LogP contribution in [0.2, 0.25) is 0 Å². The van der Waals surface area contributed by atoms with Crippen molar-refractivity contribution in [3.05, 3.63) is 12.4 Å². The molecule has 2 heteroatoms. The lowest BCUT2D eigenvalue weighted by molar-refractivity contribution is 0.135. The lowest BCUT2D eigenvalue weighted by Crippen LogP contribution is -2.39. The zero-order chi connectivity index (χ0) is 27.4. The molecular formula is C36H72N2. The van der Waals surface area contributed by atoms with E-state index in [2.05, 4.69) is 43.0 Å². The van der Waals surface area contributed by atoms with Crippen LogP contribution in [0, 0.1) is 0 Å². The van der Waals surface area contributed by atoms with Crippen LogP contribution < -0.4 is 0 Å². The van der Waals surface area contributed by atoms with E-state index in [0.29, 0.717) is 6.17 Å². The van der Waals surface area contributed by atoms with Crippen LogP contribution in [0.15, 0.2) is 12.4 Å². The minimum absolute atomic E-state index is 0.641. The molecule has 2 nitrogen and oxygen atoms in total. The van der Waals surface area contributed by atoms with Gasteiger partial charge in [-0.05, 0) is 25.7 Å². The first-order chi connectivity index (χ1) is 18.8. The molecule has 0 aromatic heterocycles. The molecule has 38 heavy (non-hydrogen) atoms. The molecule has 0 aromatic carbocycles. The van der Waals surface area contributed by atoms with Crippen molar-refractivity contribution in [3.8, 4) is 0 Å². The summed E-state index contributed by atoms with van der Waals surface area (Å²) in [6.07, 6.45) is 45.4. The largest absolute Gasteiger partial charge is 0.356 e. The molecule has 0 fully saturated rings. The highest BCUT2D eigenvalue weighted by Crippen LogP contribution is 2.24. The van der Waals surface area contributed by atoms with Gasteiger partial charge < -0.3 is 9.80 Å². The van der Waals surface area contributed by atoms with Gasteiger partial charge in [-0.1, -0.05) is 175 Å². The van der Waals surface area contributed by atoms with Gasteiger partial charge in [-0.2, -0.15) is 0 Å². The fourth-order valence-electron chi connectivity index (χ4n) is 6.19. The molecule has 0 bridgehead atoms. The van der Waals surface area contributed by atoms with Gasteiger partial charge in [0, 0.05) is 25.5 Å². The van der Waals surface area contributed by atoms with Crippen LogP contribution in [-0.4, -0.2) is 29.1 Å². The average molecular weight is 533 g/mol. The number of hydrogen-bond donors (Lipinski definition) is 0. The molecule has 0 saturated carbocycles. The van der Waals surface area contributed by atoms with Gasteiger partial charge in [0.15, 0.2) is 0 Å². The molecule has 226 valence electrons. The topological polar surface area (TPSA) is 6.48 Å². The second kappa shape index (κ2) is 27.9. The Morgan fingerprint density at radius 3 is 0.921 bits per heavy atom. The van der Waals surface area contributed by atoms with Gasteiger partial charge in [-0.25, -0.2) is 0 Å². The Morgan fingerprint density at radius 1 is 0.342 bits per heavy atom. The molecule has 0 spiro atoms. The van der Waals surface area contributed by atoms with Crippen molar-refractivity contribution in [1.29, 1.82) is 0 Å². The van der Waals surface area contributed by atoms with Crippen molar-refractivity contribution >= 4 is 0 Å². The van der Waals surface area contributed by atoms with Gasteiger partial charge in [-0.15, -0.1) is 0 Å². The van der Waals surface area contributed by atoms with Crippen LogP contribution in [0.4, 0.5) is 0 Å². The summed E-state index contributed by atoms with van der Waals surface area (Å²) in [5.41, 5.74) is 0. The highest BCUT2D eigenvalue weighted by atomic mass is 15.4. The van der Waals surface area contributed by atoms with E-state index < -0.39 is 0 Å². The first kappa shape index (κ1) is 35.4. The van der Waals surface area contributed by atoms with Crippen molar-refractivity contribution in [2.24, 2.45) is 0 Å². The van der Waals surface area contributed by atoms with Crippen LogP contribution in [0.25, 0.3) is 0 Å². The van der Waals surface area contributed by atoms with E-state index in [4.69, 9.17) is 0 Å². The smallest absolute Gasteiger partial charge is 0.101 e. The maximum Gasteiger partial charge on any atom is 0.101 e. The highest BCUT2D eigenvalue weighted by Gasteiger charge is 2.24. The van der Waals surface area contributed by atoms with Crippen molar-refractivity contribution in [3.63, 3.8) is 0 Å². The summed E-state index contributed by atoms with van der Waals surface area (Å²) in [5.74, 6) is 0. The summed E-state index contributed by atoms with van der Waals surface area (Å²) in [7, 11) is 0. The van der Waals surface area contributed by atoms with Gasteiger partial charge in [-0.3, -0.25) is 0 Å². The summed E-state index contributed by atoms with van der Waals surface area (Å²) < 4.78 is 0. The predicted octanol–water partition coefficient (Wildman–Crippen LogP) is 12.4. The molecule has 0 amide bonds. The fraction of sp³-hybridized carbons (Fsp3) is 0.944. The van der Waals surface area contributed by atoms with Crippen molar-refractivity contribution in [2.75, 3.05) is 13.1 Å². The van der Waals surface area contributed by atoms with Gasteiger partial charge in [0.05, 0.1) is 0 Å². The van der Waals surface area contributed by atoms with E-state index in [1.54, 1.807) is 0 Å². The van der Waals surface area contributed by atoms with E-state index in [0.717, 1.165) is 0 Å². The molecule has 1 aliphatic heterocycles. The van der Waals surface area contributed by atoms with Gasteiger partial charge in [0.1, 0.15) is 6.17 Å². The zero-order valence-electron chi connectivity index (χ0n) is 26.8. The SMILES string of the molecule is CCCCCCCCCCCCCN1C=CN(CCCCCCCCCC)C1CCCCCCCCCC. The maximum absolute atomic E-state index is 2.71. The van der Waals surface area contributed by atoms with Crippen molar-refractivity contribution < 1.29 is 0 Å². The van der Waals surface area contributed by atoms with E-state index in [-0.39, 0.29) is 0 Å². The standard InChI is InChI=1S/C36H72N2/c1-4-7-10-13-16-19-20-21-24-27-30-33-38-35-34-37(32-29-26-23-18-15-12-9-6-3)36(38)31-28-25-22-17-14-11-8-5-2/h34-36H,4-33H2,1-3H3. The molecule has 1 aliphatic rings. The Hall–Kier alpha value is -0.660. The number of rotatable bonds is 30. The van der Waals surface area contributed by atoms with Crippen LogP contribution in [0.5, 0.6) is 0 Å². The summed E-state index contributed by atoms with van der Waals surface area (Å²) in [4.78, 5) is 5.41. The molecule has 0 saturated heterocycles. The van der Waals surface area contributed by atoms with E-state index in [1.807, 2.05) is 0 Å². The van der Waals surface area contributed by atoms with Crippen molar-refractivity contribution in [1.82, 2.24) is 9.80 Å². The third kappa shape index (κ3) is 20.3. The van der Waals surface area contributed by atoms with Gasteiger partial charge in [0.2, 0.25) is 0 Å². The first-order valence-electron chi connectivity index (χ1n) is 18.0. The summed E-state index contributed by atoms with van der Waals surface area (Å²) in [5, 5.41) is 0. The Bertz CT molecular complexity index is 488. The third-order valence-corrected chi connectivity index (χ3v) is 8.82. The number of nitrogens with zero attached hydrogens (tertiary/aromatic N) is 2. The molecule has 0 aliphatic carbocycles. The zero-order valence-corrected chi connectivity index (χ0v) is 26.8. The number of unbranched alkanes of at least 4 members (excludes halogenated alkanes) is 24. The highest BCUT2D eigenvalue weighted by molar-refractivity contribution is 4.97. The Balaban J connectivity index is 2.24. The Kier molecular flexibility index (Phi) is 26.0. The van der Waals surface area contributed by atoms with E-state index in [1.165, 1.54) is 193 Å². The lowest BCUT2D eigenvalue weighted by Gasteiger charge is -2.33. The third-order valence-electron chi connectivity index (χ3n) is 8.82. The predicted molar refractivity (Wildman–Crippen MR) is 173 cm³/mol. The van der Waals surface area contributed by atoms with Crippen LogP contribution in [0.3, 0.4) is 0 Å². The number of hydrogen-bond acceptors (Lipinski definition) is 2. The summed E-state index contributed by atoms with van der Waals surface area (Å²) in [6.45, 7) is 9.47. The van der Waals surface area contributed by atoms with Crippen LogP contribution in [0.1, 0.15) is 201 Å². The van der Waals surface area contributed by atoms with Crippen LogP contribution in [-0.2, 0) is 0 Å². The first-order valence-corrected chi connectivity index (χ1v) is 18.0. The quantitative estimate of drug-likeness (QED) is 0.0848. The minimum Gasteiger partial charge on any atom is -0.356 e. The second-order valence-electron chi connectivity index (χ2n) is 12.5. The van der Waals surface area contributed by atoms with E-state index >= 15 is 0 Å². The molecule has 1 rings (SSSR count). The van der Waals surface area contributed by atoms with Gasteiger partial charge >= 0.3 is 0 Å². The molecule has 1 atom stereocenters.